The quantitative estimate of drug-likeness (QED) is 0.313. The van der Waals surface area contributed by atoms with E-state index in [2.05, 4.69) is 26.6 Å². The molecule has 0 spiro atoms. The summed E-state index contributed by atoms with van der Waals surface area (Å²) in [5, 5.41) is 14.3. The third-order valence-electron chi connectivity index (χ3n) is 5.17. The number of hydrogen-bond donors (Lipinski definition) is 3. The van der Waals surface area contributed by atoms with Gasteiger partial charge in [0.1, 0.15) is 17.1 Å². The van der Waals surface area contributed by atoms with E-state index in [1.807, 2.05) is 19.1 Å². The number of imide groups is 2. The van der Waals surface area contributed by atoms with E-state index in [4.69, 9.17) is 4.74 Å². The summed E-state index contributed by atoms with van der Waals surface area (Å²) in [6, 6.07) is 16.7. The maximum absolute atomic E-state index is 13.0. The smallest absolute Gasteiger partial charge is 0.335 e. The molecule has 9 nitrogen and oxygen atoms in total. The van der Waals surface area contributed by atoms with Crippen molar-refractivity contribution >= 4 is 57.1 Å². The van der Waals surface area contributed by atoms with Crippen LogP contribution in [0.4, 0.5) is 16.2 Å². The first-order valence-electron chi connectivity index (χ1n) is 10.7. The zero-order chi connectivity index (χ0) is 25.8. The first-order valence-corrected chi connectivity index (χ1v) is 11.5. The van der Waals surface area contributed by atoms with E-state index >= 15 is 0 Å². The van der Waals surface area contributed by atoms with Crippen LogP contribution in [0.2, 0.25) is 0 Å². The van der Waals surface area contributed by atoms with E-state index in [9.17, 15) is 24.3 Å². The summed E-state index contributed by atoms with van der Waals surface area (Å²) >= 11 is 3.37. The number of carbonyl (C=O) groups excluding carboxylic acids is 4. The number of amides is 5. The van der Waals surface area contributed by atoms with Crippen molar-refractivity contribution in [1.29, 1.82) is 0 Å². The van der Waals surface area contributed by atoms with E-state index in [-0.39, 0.29) is 29.5 Å². The number of phenols is 1. The third kappa shape index (κ3) is 5.61. The molecule has 0 atom stereocenters. The number of aryl methyl sites for hydroxylation is 1. The van der Waals surface area contributed by atoms with Crippen LogP contribution in [0.3, 0.4) is 0 Å². The minimum Gasteiger partial charge on any atom is -0.508 e. The van der Waals surface area contributed by atoms with Gasteiger partial charge < -0.3 is 15.2 Å². The number of barbiturate groups is 1. The number of anilines is 2. The molecule has 1 heterocycles. The molecular weight excluding hydrogens is 530 g/mol. The molecule has 3 N–H and O–H groups in total. The summed E-state index contributed by atoms with van der Waals surface area (Å²) in [5.74, 6) is -1.62. The standard InChI is InChI=1S/C26H20BrN3O6/c1-15-2-5-17(6-3-15)28-23(32)14-36-22-11-4-16(13-21(22)27)12-20-24(33)29-26(35)30(25(20)34)18-7-9-19(31)10-8-18/h2-13,31H,14H2,1H3,(H,28,32)(H,29,33,35)/b20-12+. The minimum absolute atomic E-state index is 0.0322. The molecule has 0 unspecified atom stereocenters. The van der Waals surface area contributed by atoms with E-state index in [0.717, 1.165) is 10.5 Å². The maximum atomic E-state index is 13.0. The molecule has 4 rings (SSSR count). The first kappa shape index (κ1) is 24.7. The number of halogens is 1. The molecular formula is C26H20BrN3O6. The molecule has 0 saturated carbocycles. The second kappa shape index (κ2) is 10.4. The molecule has 3 aromatic carbocycles. The second-order valence-corrected chi connectivity index (χ2v) is 8.72. The molecule has 1 saturated heterocycles. The topological polar surface area (TPSA) is 125 Å². The van der Waals surface area contributed by atoms with Gasteiger partial charge in [0, 0.05) is 5.69 Å². The normalized spacial score (nSPS) is 14.6. The number of aromatic hydroxyl groups is 1. The Kier molecular flexibility index (Phi) is 7.16. The Balaban J connectivity index is 1.47. The fourth-order valence-corrected chi connectivity index (χ4v) is 3.87. The van der Waals surface area contributed by atoms with Gasteiger partial charge in [0.15, 0.2) is 6.61 Å². The van der Waals surface area contributed by atoms with Gasteiger partial charge in [-0.3, -0.25) is 19.7 Å². The van der Waals surface area contributed by atoms with Gasteiger partial charge in [0.25, 0.3) is 17.7 Å². The van der Waals surface area contributed by atoms with Crippen molar-refractivity contribution in [3.63, 3.8) is 0 Å². The fraction of sp³-hybridized carbons (Fsp3) is 0.0769. The number of urea groups is 1. The van der Waals surface area contributed by atoms with Crippen LogP contribution in [0.15, 0.2) is 76.8 Å². The molecule has 1 fully saturated rings. The SMILES string of the molecule is Cc1ccc(NC(=O)COc2ccc(/C=C3\C(=O)NC(=O)N(c4ccc(O)cc4)C3=O)cc2Br)cc1. The number of phenolic OH excluding ortho intramolecular Hbond substituents is 1. The van der Waals surface area contributed by atoms with Crippen molar-refractivity contribution in [2.24, 2.45) is 0 Å². The van der Waals surface area contributed by atoms with Crippen LogP contribution < -0.4 is 20.3 Å². The van der Waals surface area contributed by atoms with E-state index in [0.29, 0.717) is 21.5 Å². The van der Waals surface area contributed by atoms with Crippen LogP contribution in [0.25, 0.3) is 6.08 Å². The van der Waals surface area contributed by atoms with Crippen LogP contribution in [-0.2, 0) is 14.4 Å². The van der Waals surface area contributed by atoms with Gasteiger partial charge in [0.2, 0.25) is 0 Å². The lowest BCUT2D eigenvalue weighted by atomic mass is 10.1. The number of rotatable bonds is 6. The highest BCUT2D eigenvalue weighted by atomic mass is 79.9. The van der Waals surface area contributed by atoms with Crippen molar-refractivity contribution < 1.29 is 29.0 Å². The number of ether oxygens (including phenoxy) is 1. The Bertz CT molecular complexity index is 1380. The zero-order valence-corrected chi connectivity index (χ0v) is 20.5. The molecule has 0 radical (unpaired) electrons. The van der Waals surface area contributed by atoms with Crippen LogP contribution in [0.1, 0.15) is 11.1 Å². The lowest BCUT2D eigenvalue weighted by molar-refractivity contribution is -0.122. The lowest BCUT2D eigenvalue weighted by Crippen LogP contribution is -2.54. The summed E-state index contributed by atoms with van der Waals surface area (Å²) in [7, 11) is 0. The van der Waals surface area contributed by atoms with Gasteiger partial charge in [0.05, 0.1) is 10.2 Å². The third-order valence-corrected chi connectivity index (χ3v) is 5.79. The van der Waals surface area contributed by atoms with Crippen LogP contribution >= 0.6 is 15.9 Å². The predicted octanol–water partition coefficient (Wildman–Crippen LogP) is 4.15. The Morgan fingerprint density at radius 2 is 1.75 bits per heavy atom. The summed E-state index contributed by atoms with van der Waals surface area (Å²) < 4.78 is 6.08. The van der Waals surface area contributed by atoms with Crippen molar-refractivity contribution in [2.75, 3.05) is 16.8 Å². The van der Waals surface area contributed by atoms with Crippen molar-refractivity contribution in [2.45, 2.75) is 6.92 Å². The maximum Gasteiger partial charge on any atom is 0.335 e. The van der Waals surface area contributed by atoms with Gasteiger partial charge in [-0.2, -0.15) is 0 Å². The summed E-state index contributed by atoms with van der Waals surface area (Å²) in [6.07, 6.45) is 1.34. The summed E-state index contributed by atoms with van der Waals surface area (Å²) in [6.45, 7) is 1.73. The predicted molar refractivity (Wildman–Crippen MR) is 137 cm³/mol. The number of carbonyl (C=O) groups is 4. The largest absolute Gasteiger partial charge is 0.508 e. The average Bonchev–Trinajstić information content (AvgIpc) is 2.84. The Labute approximate surface area is 214 Å². The Morgan fingerprint density at radius 1 is 1.06 bits per heavy atom. The van der Waals surface area contributed by atoms with Gasteiger partial charge in [-0.05, 0) is 83.0 Å². The highest BCUT2D eigenvalue weighted by molar-refractivity contribution is 9.10. The summed E-state index contributed by atoms with van der Waals surface area (Å²) in [4.78, 5) is 50.6. The first-order chi connectivity index (χ1) is 17.2. The number of nitrogens with one attached hydrogen (secondary N) is 2. The Hall–Kier alpha value is -4.44. The van der Waals surface area contributed by atoms with Crippen LogP contribution in [-0.4, -0.2) is 35.5 Å². The molecule has 10 heteroatoms. The van der Waals surface area contributed by atoms with E-state index in [1.165, 1.54) is 30.3 Å². The van der Waals surface area contributed by atoms with E-state index in [1.54, 1.807) is 30.3 Å². The molecule has 3 aromatic rings. The minimum atomic E-state index is -0.887. The number of benzene rings is 3. The van der Waals surface area contributed by atoms with Crippen LogP contribution in [0.5, 0.6) is 11.5 Å². The molecule has 0 aliphatic carbocycles. The summed E-state index contributed by atoms with van der Waals surface area (Å²) in [5.41, 5.74) is 2.17. The molecule has 0 bridgehead atoms. The molecule has 182 valence electrons. The van der Waals surface area contributed by atoms with Gasteiger partial charge in [-0.25, -0.2) is 9.69 Å². The molecule has 0 aromatic heterocycles. The fourth-order valence-electron chi connectivity index (χ4n) is 3.36. The lowest BCUT2D eigenvalue weighted by Gasteiger charge is -2.26. The average molecular weight is 550 g/mol. The van der Waals surface area contributed by atoms with Crippen molar-refractivity contribution in [3.8, 4) is 11.5 Å². The zero-order valence-electron chi connectivity index (χ0n) is 18.9. The van der Waals surface area contributed by atoms with Crippen LogP contribution in [0, 0.1) is 6.92 Å². The van der Waals surface area contributed by atoms with E-state index < -0.39 is 17.8 Å². The monoisotopic (exact) mass is 549 g/mol. The molecule has 1 aliphatic rings. The number of nitrogens with zero attached hydrogens (tertiary/aromatic N) is 1. The van der Waals surface area contributed by atoms with Gasteiger partial charge >= 0.3 is 6.03 Å². The van der Waals surface area contributed by atoms with Gasteiger partial charge in [-0.1, -0.05) is 23.8 Å². The second-order valence-electron chi connectivity index (χ2n) is 7.87. The Morgan fingerprint density at radius 3 is 2.42 bits per heavy atom. The van der Waals surface area contributed by atoms with Gasteiger partial charge in [-0.15, -0.1) is 0 Å². The van der Waals surface area contributed by atoms with Crippen molar-refractivity contribution in [3.05, 3.63) is 87.9 Å². The molecule has 36 heavy (non-hydrogen) atoms. The number of hydrogen-bond acceptors (Lipinski definition) is 6. The molecule has 5 amide bonds. The highest BCUT2D eigenvalue weighted by Crippen LogP contribution is 2.28. The molecule has 1 aliphatic heterocycles. The van der Waals surface area contributed by atoms with Crippen molar-refractivity contribution in [1.82, 2.24) is 5.32 Å². The highest BCUT2D eigenvalue weighted by Gasteiger charge is 2.36.